The maximum Gasteiger partial charge on any atom is 0.257 e. The maximum atomic E-state index is 12.2. The van der Waals surface area contributed by atoms with Crippen LogP contribution in [0.5, 0.6) is 5.75 Å². The van der Waals surface area contributed by atoms with E-state index in [2.05, 4.69) is 24.5 Å². The molecular formula is C23H27N3O5. The number of rotatable bonds is 8. The number of aromatic hydroxyl groups is 1. The fourth-order valence-electron chi connectivity index (χ4n) is 3.24. The highest BCUT2D eigenvalue weighted by atomic mass is 16.3. The minimum atomic E-state index is -0.691. The smallest absolute Gasteiger partial charge is 0.257 e. The number of furan rings is 1. The fourth-order valence-corrected chi connectivity index (χ4v) is 3.24. The van der Waals surface area contributed by atoms with Crippen molar-refractivity contribution < 1.29 is 14.3 Å². The first-order valence-electron chi connectivity index (χ1n) is 10.1. The second kappa shape index (κ2) is 8.67. The first-order chi connectivity index (χ1) is 14.6. The molecule has 1 atom stereocenters. The van der Waals surface area contributed by atoms with Gasteiger partial charge in [-0.1, -0.05) is 26.8 Å². The van der Waals surface area contributed by atoms with Gasteiger partial charge in [0.1, 0.15) is 17.1 Å². The van der Waals surface area contributed by atoms with Crippen molar-refractivity contribution in [1.82, 2.24) is 4.90 Å². The van der Waals surface area contributed by atoms with Crippen molar-refractivity contribution in [2.45, 2.75) is 39.2 Å². The van der Waals surface area contributed by atoms with E-state index in [4.69, 9.17) is 4.42 Å². The van der Waals surface area contributed by atoms with Crippen molar-refractivity contribution in [3.63, 3.8) is 0 Å². The Hall–Kier alpha value is -3.55. The predicted molar refractivity (Wildman–Crippen MR) is 120 cm³/mol. The molecule has 1 amide bonds. The van der Waals surface area contributed by atoms with Crippen LogP contribution in [0.15, 0.2) is 44.5 Å². The number of phenols is 1. The lowest BCUT2D eigenvalue weighted by atomic mass is 10.0. The van der Waals surface area contributed by atoms with Gasteiger partial charge in [0.15, 0.2) is 5.75 Å². The molecule has 2 aromatic carbocycles. The zero-order chi connectivity index (χ0) is 22.9. The summed E-state index contributed by atoms with van der Waals surface area (Å²) in [4.78, 5) is 38.0. The van der Waals surface area contributed by atoms with Crippen LogP contribution in [-0.4, -0.2) is 30.0 Å². The van der Waals surface area contributed by atoms with Crippen LogP contribution >= 0.6 is 0 Å². The summed E-state index contributed by atoms with van der Waals surface area (Å²) in [7, 11) is 3.15. The summed E-state index contributed by atoms with van der Waals surface area (Å²) < 4.78 is 5.66. The normalized spacial score (nSPS) is 12.2. The number of benzene rings is 1. The molecule has 1 aromatic heterocycles. The van der Waals surface area contributed by atoms with Gasteiger partial charge in [-0.2, -0.15) is 0 Å². The van der Waals surface area contributed by atoms with E-state index in [1.54, 1.807) is 26.4 Å². The van der Waals surface area contributed by atoms with Crippen LogP contribution in [0.4, 0.5) is 17.1 Å². The van der Waals surface area contributed by atoms with E-state index in [1.807, 2.05) is 13.0 Å². The molecule has 0 aliphatic heterocycles. The highest BCUT2D eigenvalue weighted by Crippen LogP contribution is 2.33. The molecule has 0 saturated carbocycles. The van der Waals surface area contributed by atoms with E-state index in [0.717, 1.165) is 5.56 Å². The summed E-state index contributed by atoms with van der Waals surface area (Å²) in [5, 5.41) is 16.4. The molecule has 0 aliphatic carbocycles. The van der Waals surface area contributed by atoms with Crippen molar-refractivity contribution in [3.8, 4) is 5.75 Å². The van der Waals surface area contributed by atoms with Gasteiger partial charge < -0.3 is 25.1 Å². The van der Waals surface area contributed by atoms with E-state index in [1.165, 1.54) is 17.0 Å². The highest BCUT2D eigenvalue weighted by Gasteiger charge is 2.26. The predicted octanol–water partition coefficient (Wildman–Crippen LogP) is 3.71. The summed E-state index contributed by atoms with van der Waals surface area (Å²) in [5.41, 5.74) is 0.139. The zero-order valence-electron chi connectivity index (χ0n) is 18.3. The summed E-state index contributed by atoms with van der Waals surface area (Å²) in [6.45, 7) is 6.06. The van der Waals surface area contributed by atoms with Crippen LogP contribution in [0.1, 0.15) is 60.8 Å². The molecule has 0 unspecified atom stereocenters. The number of amides is 1. The second-order valence-electron chi connectivity index (χ2n) is 7.98. The van der Waals surface area contributed by atoms with Gasteiger partial charge in [0.2, 0.25) is 0 Å². The van der Waals surface area contributed by atoms with Gasteiger partial charge in [-0.15, -0.1) is 0 Å². The Balaban J connectivity index is 1.88. The van der Waals surface area contributed by atoms with Crippen LogP contribution in [0.2, 0.25) is 0 Å². The van der Waals surface area contributed by atoms with E-state index in [-0.39, 0.29) is 40.3 Å². The molecule has 0 spiro atoms. The van der Waals surface area contributed by atoms with Crippen molar-refractivity contribution in [3.05, 3.63) is 67.9 Å². The first kappa shape index (κ1) is 22.1. The maximum absolute atomic E-state index is 12.2. The molecule has 3 rings (SSSR count). The molecule has 164 valence electrons. The van der Waals surface area contributed by atoms with E-state index < -0.39 is 10.9 Å². The molecule has 0 bridgehead atoms. The van der Waals surface area contributed by atoms with Crippen molar-refractivity contribution >= 4 is 23.0 Å². The zero-order valence-corrected chi connectivity index (χ0v) is 18.3. The van der Waals surface area contributed by atoms with Crippen LogP contribution in [0.25, 0.3) is 0 Å². The topological polar surface area (TPSA) is 112 Å². The first-order valence-corrected chi connectivity index (χ1v) is 10.1. The Morgan fingerprint density at radius 3 is 2.42 bits per heavy atom. The summed E-state index contributed by atoms with van der Waals surface area (Å²) in [5.74, 6) is 0.305. The fraction of sp³-hybridized carbons (Fsp3) is 0.348. The van der Waals surface area contributed by atoms with Crippen molar-refractivity contribution in [2.24, 2.45) is 0 Å². The Morgan fingerprint density at radius 2 is 1.84 bits per heavy atom. The van der Waals surface area contributed by atoms with Gasteiger partial charge in [-0.3, -0.25) is 14.4 Å². The van der Waals surface area contributed by atoms with Gasteiger partial charge in [0.25, 0.3) is 16.8 Å². The molecule has 3 N–H and O–H groups in total. The SMILES string of the molecule is CC[C@H](Nc1c(Nc2cccc(C(=O)N(C)C)c2O)c(=O)c1=O)c1cc(C(C)C)co1. The Labute approximate surface area is 180 Å². The average molecular weight is 425 g/mol. The Kier molecular flexibility index (Phi) is 6.19. The quantitative estimate of drug-likeness (QED) is 0.372. The number of hydrogen-bond donors (Lipinski definition) is 3. The minimum Gasteiger partial charge on any atom is -0.505 e. The molecule has 3 aromatic rings. The molecule has 8 nitrogen and oxygen atoms in total. The summed E-state index contributed by atoms with van der Waals surface area (Å²) >= 11 is 0. The lowest BCUT2D eigenvalue weighted by molar-refractivity contribution is 0.0824. The second-order valence-corrected chi connectivity index (χ2v) is 7.98. The molecule has 8 heteroatoms. The van der Waals surface area contributed by atoms with Crippen LogP contribution in [0.3, 0.4) is 0 Å². The van der Waals surface area contributed by atoms with Gasteiger partial charge in [-0.25, -0.2) is 0 Å². The number of para-hydroxylation sites is 1. The van der Waals surface area contributed by atoms with Crippen LogP contribution < -0.4 is 21.5 Å². The standard InChI is InChI=1S/C23H27N3O5/c1-6-15(17-10-13(11-31-17)12(2)3)24-18-19(22(29)21(18)28)25-16-9-7-8-14(20(16)27)23(30)26(4)5/h7-12,15,24-25,27H,6H2,1-5H3/t15-/m0/s1. The molecule has 0 aliphatic rings. The Bertz CT molecular complexity index is 1170. The molecule has 0 radical (unpaired) electrons. The summed E-state index contributed by atoms with van der Waals surface area (Å²) in [6, 6.07) is 6.24. The van der Waals surface area contributed by atoms with E-state index in [0.29, 0.717) is 18.1 Å². The van der Waals surface area contributed by atoms with Gasteiger partial charge in [-0.05, 0) is 36.1 Å². The van der Waals surface area contributed by atoms with Crippen LogP contribution in [0, 0.1) is 0 Å². The molecular weight excluding hydrogens is 398 g/mol. The minimum absolute atomic E-state index is 0.0452. The number of nitrogens with zero attached hydrogens (tertiary/aromatic N) is 1. The third kappa shape index (κ3) is 4.19. The molecule has 31 heavy (non-hydrogen) atoms. The number of anilines is 3. The largest absolute Gasteiger partial charge is 0.505 e. The monoisotopic (exact) mass is 425 g/mol. The summed E-state index contributed by atoms with van der Waals surface area (Å²) in [6.07, 6.45) is 2.32. The van der Waals surface area contributed by atoms with Gasteiger partial charge >= 0.3 is 0 Å². The Morgan fingerprint density at radius 1 is 1.16 bits per heavy atom. The number of carbonyl (C=O) groups is 1. The molecule has 0 fully saturated rings. The van der Waals surface area contributed by atoms with E-state index >= 15 is 0 Å². The molecule has 1 heterocycles. The lowest BCUT2D eigenvalue weighted by Crippen LogP contribution is -2.37. The van der Waals surface area contributed by atoms with Crippen molar-refractivity contribution in [2.75, 3.05) is 24.7 Å². The number of nitrogens with one attached hydrogen (secondary N) is 2. The van der Waals surface area contributed by atoms with Gasteiger partial charge in [0, 0.05) is 14.1 Å². The third-order valence-corrected chi connectivity index (χ3v) is 5.22. The van der Waals surface area contributed by atoms with Gasteiger partial charge in [0.05, 0.1) is 23.6 Å². The van der Waals surface area contributed by atoms with Crippen molar-refractivity contribution in [1.29, 1.82) is 0 Å². The highest BCUT2D eigenvalue weighted by molar-refractivity contribution is 5.99. The number of hydrogen-bond acceptors (Lipinski definition) is 7. The van der Waals surface area contributed by atoms with Crippen LogP contribution in [-0.2, 0) is 0 Å². The third-order valence-electron chi connectivity index (χ3n) is 5.22. The average Bonchev–Trinajstić information content (AvgIpc) is 3.23. The van der Waals surface area contributed by atoms with E-state index in [9.17, 15) is 19.5 Å². The lowest BCUT2D eigenvalue weighted by Gasteiger charge is -2.21. The molecule has 0 saturated heterocycles. The number of carbonyl (C=O) groups excluding carboxylic acids is 1. The number of phenolic OH excluding ortho intramolecular Hbond substituents is 1.